The van der Waals surface area contributed by atoms with Gasteiger partial charge in [0.2, 0.25) is 0 Å². The average molecular weight is 576 g/mol. The molecule has 3 aromatic rings. The van der Waals surface area contributed by atoms with Crippen LogP contribution in [0.2, 0.25) is 15.1 Å². The van der Waals surface area contributed by atoms with E-state index in [-0.39, 0.29) is 5.91 Å². The van der Waals surface area contributed by atoms with Crippen molar-refractivity contribution in [3.8, 4) is 0 Å². The largest absolute Gasteiger partial charge is 0.502 e. The third-order valence-corrected chi connectivity index (χ3v) is 8.06. The Kier molecular flexibility index (Phi) is 7.70. The van der Waals surface area contributed by atoms with Gasteiger partial charge in [-0.15, -0.1) is 0 Å². The molecule has 0 aliphatic carbocycles. The number of thioether (sulfide) groups is 1. The predicted octanol–water partition coefficient (Wildman–Crippen LogP) is 6.77. The van der Waals surface area contributed by atoms with Gasteiger partial charge in [-0.2, -0.15) is 0 Å². The third-order valence-electron chi connectivity index (χ3n) is 6.12. The Morgan fingerprint density at radius 3 is 2.30 bits per heavy atom. The normalized spacial score (nSPS) is 18.0. The number of aliphatic hydroxyl groups excluding tert-OH is 1. The maximum absolute atomic E-state index is 13.4. The van der Waals surface area contributed by atoms with Gasteiger partial charge in [0.05, 0.1) is 29.7 Å². The van der Waals surface area contributed by atoms with Crippen molar-refractivity contribution in [2.45, 2.75) is 10.9 Å². The number of ether oxygens (including phenoxy) is 1. The molecule has 1 fully saturated rings. The first-order valence-electron chi connectivity index (χ1n) is 11.5. The highest BCUT2D eigenvalue weighted by molar-refractivity contribution is 8.03. The molecule has 2 amide bonds. The molecule has 3 aromatic carbocycles. The van der Waals surface area contributed by atoms with Crippen LogP contribution in [-0.2, 0) is 9.53 Å². The minimum Gasteiger partial charge on any atom is -0.502 e. The summed E-state index contributed by atoms with van der Waals surface area (Å²) in [6, 6.07) is 18.3. The fourth-order valence-electron chi connectivity index (χ4n) is 4.34. The molecule has 1 unspecified atom stereocenters. The van der Waals surface area contributed by atoms with Crippen LogP contribution in [0.25, 0.3) is 0 Å². The van der Waals surface area contributed by atoms with Gasteiger partial charge in [-0.3, -0.25) is 14.5 Å². The molecule has 2 aliphatic rings. The molecule has 190 valence electrons. The van der Waals surface area contributed by atoms with Gasteiger partial charge >= 0.3 is 0 Å². The maximum Gasteiger partial charge on any atom is 0.294 e. The van der Waals surface area contributed by atoms with Gasteiger partial charge in [-0.1, -0.05) is 64.8 Å². The van der Waals surface area contributed by atoms with Crippen molar-refractivity contribution in [3.05, 3.63) is 104 Å². The summed E-state index contributed by atoms with van der Waals surface area (Å²) in [6.07, 6.45) is 0. The van der Waals surface area contributed by atoms with Gasteiger partial charge in [-0.25, -0.2) is 0 Å². The summed E-state index contributed by atoms with van der Waals surface area (Å²) in [7, 11) is 0. The van der Waals surface area contributed by atoms with E-state index in [0.717, 1.165) is 17.3 Å². The number of aliphatic hydroxyl groups is 1. The van der Waals surface area contributed by atoms with Gasteiger partial charge < -0.3 is 14.7 Å². The van der Waals surface area contributed by atoms with E-state index in [1.807, 2.05) is 0 Å². The number of carbonyl (C=O) groups is 2. The lowest BCUT2D eigenvalue weighted by atomic mass is 10.1. The topological polar surface area (TPSA) is 70.1 Å². The van der Waals surface area contributed by atoms with Gasteiger partial charge in [0, 0.05) is 38.7 Å². The molecule has 0 spiro atoms. The first kappa shape index (κ1) is 25.9. The van der Waals surface area contributed by atoms with Crippen molar-refractivity contribution < 1.29 is 19.4 Å². The Bertz CT molecular complexity index is 1390. The van der Waals surface area contributed by atoms with E-state index in [0.29, 0.717) is 62.4 Å². The smallest absolute Gasteiger partial charge is 0.294 e. The molecule has 0 aromatic heterocycles. The predicted molar refractivity (Wildman–Crippen MR) is 147 cm³/mol. The number of benzene rings is 3. The molecule has 10 heteroatoms. The molecule has 1 atom stereocenters. The number of halogens is 3. The molecular formula is C27H21Cl3N2O4S. The first-order valence-corrected chi connectivity index (χ1v) is 13.4. The number of amides is 2. The number of nitrogens with zero attached hydrogens (tertiary/aromatic N) is 2. The summed E-state index contributed by atoms with van der Waals surface area (Å²) in [5.74, 6) is -1.16. The summed E-state index contributed by atoms with van der Waals surface area (Å²) in [6.45, 7) is 1.86. The lowest BCUT2D eigenvalue weighted by Gasteiger charge is -2.29. The second-order valence-corrected chi connectivity index (χ2v) is 10.9. The van der Waals surface area contributed by atoms with E-state index in [1.54, 1.807) is 71.6 Å². The lowest BCUT2D eigenvalue weighted by molar-refractivity contribution is -0.117. The Labute approximate surface area is 233 Å². The van der Waals surface area contributed by atoms with Crippen LogP contribution in [0.3, 0.4) is 0 Å². The van der Waals surface area contributed by atoms with Crippen LogP contribution in [0.4, 0.5) is 5.69 Å². The van der Waals surface area contributed by atoms with Crippen LogP contribution in [-0.4, -0.2) is 48.1 Å². The highest BCUT2D eigenvalue weighted by Crippen LogP contribution is 2.49. The summed E-state index contributed by atoms with van der Waals surface area (Å²) in [5.41, 5.74) is 1.66. The van der Waals surface area contributed by atoms with Gasteiger partial charge in [0.1, 0.15) is 0 Å². The number of hydrogen-bond acceptors (Lipinski definition) is 5. The van der Waals surface area contributed by atoms with E-state index in [2.05, 4.69) is 0 Å². The molecule has 0 bridgehead atoms. The standard InChI is InChI=1S/C27H21Cl3N2O4S/c28-17-6-4-16(5-7-17)23-25(24(33)27(35)32(23)20-3-1-2-18(29)14-20)37-22-9-8-19(30)15-21(22)26(34)31-10-12-36-13-11-31/h1-9,14-15,23,33H,10-13H2. The molecular weight excluding hydrogens is 555 g/mol. The zero-order chi connectivity index (χ0) is 26.1. The van der Waals surface area contributed by atoms with Gasteiger partial charge in [0.25, 0.3) is 11.8 Å². The van der Waals surface area contributed by atoms with E-state index < -0.39 is 17.7 Å². The highest BCUT2D eigenvalue weighted by atomic mass is 35.5. The zero-order valence-electron chi connectivity index (χ0n) is 19.4. The number of morpholine rings is 1. The lowest BCUT2D eigenvalue weighted by Crippen LogP contribution is -2.40. The minimum absolute atomic E-state index is 0.188. The minimum atomic E-state index is -0.671. The Balaban J connectivity index is 1.58. The van der Waals surface area contributed by atoms with Crippen molar-refractivity contribution in [1.82, 2.24) is 4.90 Å². The number of hydrogen-bond donors (Lipinski definition) is 1. The number of anilines is 1. The van der Waals surface area contributed by atoms with Gasteiger partial charge in [-0.05, 0) is 54.1 Å². The van der Waals surface area contributed by atoms with Crippen molar-refractivity contribution in [1.29, 1.82) is 0 Å². The molecule has 0 radical (unpaired) electrons. The first-order chi connectivity index (χ1) is 17.8. The highest BCUT2D eigenvalue weighted by Gasteiger charge is 2.42. The molecule has 1 saturated heterocycles. The Hall–Kier alpha value is -2.68. The number of rotatable bonds is 5. The summed E-state index contributed by atoms with van der Waals surface area (Å²) in [4.78, 5) is 31.0. The monoisotopic (exact) mass is 574 g/mol. The van der Waals surface area contributed by atoms with E-state index in [9.17, 15) is 14.7 Å². The van der Waals surface area contributed by atoms with Crippen molar-refractivity contribution in [2.75, 3.05) is 31.2 Å². The molecule has 2 aliphatic heterocycles. The van der Waals surface area contributed by atoms with Crippen LogP contribution < -0.4 is 4.90 Å². The Morgan fingerprint density at radius 2 is 1.59 bits per heavy atom. The van der Waals surface area contributed by atoms with Crippen LogP contribution in [0.15, 0.2) is 82.3 Å². The average Bonchev–Trinajstić information content (AvgIpc) is 3.15. The SMILES string of the molecule is O=C(c1cc(Cl)ccc1SC1=C(O)C(=O)N(c2cccc(Cl)c2)C1c1ccc(Cl)cc1)N1CCOCC1. The van der Waals surface area contributed by atoms with Crippen LogP contribution in [0.1, 0.15) is 22.0 Å². The van der Waals surface area contributed by atoms with Crippen LogP contribution in [0.5, 0.6) is 0 Å². The van der Waals surface area contributed by atoms with Crippen LogP contribution >= 0.6 is 46.6 Å². The summed E-state index contributed by atoms with van der Waals surface area (Å²) < 4.78 is 5.38. The second kappa shape index (κ2) is 11.0. The van der Waals surface area contributed by atoms with Crippen LogP contribution in [0, 0.1) is 0 Å². The van der Waals surface area contributed by atoms with Crippen molar-refractivity contribution >= 4 is 64.1 Å². The third kappa shape index (κ3) is 5.33. The fraction of sp³-hybridized carbons (Fsp3) is 0.185. The van der Waals surface area contributed by atoms with E-state index in [4.69, 9.17) is 39.5 Å². The number of carbonyl (C=O) groups excluding carboxylic acids is 2. The molecule has 6 nitrogen and oxygen atoms in total. The molecule has 2 heterocycles. The summed E-state index contributed by atoms with van der Waals surface area (Å²) >= 11 is 19.8. The molecule has 5 rings (SSSR count). The molecule has 0 saturated carbocycles. The fourth-order valence-corrected chi connectivity index (χ4v) is 5.99. The van der Waals surface area contributed by atoms with Crippen molar-refractivity contribution in [3.63, 3.8) is 0 Å². The van der Waals surface area contributed by atoms with Crippen molar-refractivity contribution in [2.24, 2.45) is 0 Å². The summed E-state index contributed by atoms with van der Waals surface area (Å²) in [5, 5.41) is 12.5. The second-order valence-electron chi connectivity index (χ2n) is 8.47. The molecule has 37 heavy (non-hydrogen) atoms. The maximum atomic E-state index is 13.4. The van der Waals surface area contributed by atoms with E-state index in [1.165, 1.54) is 4.90 Å². The van der Waals surface area contributed by atoms with E-state index >= 15 is 0 Å². The molecule has 1 N–H and O–H groups in total. The zero-order valence-corrected chi connectivity index (χ0v) is 22.4. The Morgan fingerprint density at radius 1 is 0.919 bits per heavy atom. The van der Waals surface area contributed by atoms with Gasteiger partial charge in [0.15, 0.2) is 5.76 Å². The quantitative estimate of drug-likeness (QED) is 0.364.